The van der Waals surface area contributed by atoms with Crippen molar-refractivity contribution in [2.24, 2.45) is 0 Å². The van der Waals surface area contributed by atoms with Gasteiger partial charge in [-0.25, -0.2) is 0 Å². The van der Waals surface area contributed by atoms with Gasteiger partial charge < -0.3 is 9.05 Å². The third-order valence-electron chi connectivity index (χ3n) is 1.06. The number of halogens is 2. The zero-order chi connectivity index (χ0) is 10.2. The van der Waals surface area contributed by atoms with Crippen LogP contribution in [0.15, 0.2) is 0 Å². The molecule has 7 heteroatoms. The molecule has 0 bridgehead atoms. The maximum absolute atomic E-state index is 5.47. The highest BCUT2D eigenvalue weighted by Gasteiger charge is 2.11. The summed E-state index contributed by atoms with van der Waals surface area (Å²) in [7, 11) is 0. The van der Waals surface area contributed by atoms with E-state index in [0.29, 0.717) is 25.0 Å². The molecule has 0 aromatic rings. The van der Waals surface area contributed by atoms with Crippen molar-refractivity contribution in [3.8, 4) is 0 Å². The molecule has 0 rings (SSSR count). The Bertz CT molecular complexity index is 157. The molecule has 0 aromatic heterocycles. The second kappa shape index (κ2) is 8.78. The van der Waals surface area contributed by atoms with Gasteiger partial charge in [0.05, 0.1) is 13.2 Å². The van der Waals surface area contributed by atoms with Gasteiger partial charge in [-0.3, -0.25) is 0 Å². The van der Waals surface area contributed by atoms with Crippen LogP contribution in [0.3, 0.4) is 0 Å². The Labute approximate surface area is 99.6 Å². The predicted octanol–water partition coefficient (Wildman–Crippen LogP) is 3.43. The van der Waals surface area contributed by atoms with E-state index >= 15 is 0 Å². The van der Waals surface area contributed by atoms with E-state index in [1.165, 1.54) is 0 Å². The Morgan fingerprint density at radius 3 is 1.77 bits per heavy atom. The third kappa shape index (κ3) is 9.80. The maximum atomic E-state index is 5.47. The topological polar surface area (TPSA) is 18.5 Å². The predicted molar refractivity (Wildman–Crippen MR) is 65.8 cm³/mol. The fourth-order valence-electron chi connectivity index (χ4n) is 0.506. The quantitative estimate of drug-likeness (QED) is 0.318. The molecule has 0 saturated carbocycles. The lowest BCUT2D eigenvalue weighted by atomic mass is 10.5. The molecule has 13 heavy (non-hydrogen) atoms. The number of alkyl halides is 2. The molecular weight excluding hydrogens is 270 g/mol. The fourth-order valence-corrected chi connectivity index (χ4v) is 2.46. The number of hydrogen-bond donors (Lipinski definition) is 1. The largest absolute Gasteiger partial charge is 0.322 e. The van der Waals surface area contributed by atoms with Crippen LogP contribution in [-0.2, 0) is 20.9 Å². The van der Waals surface area contributed by atoms with E-state index in [1.54, 1.807) is 0 Å². The van der Waals surface area contributed by atoms with Crippen LogP contribution in [0.5, 0.6) is 0 Å². The Balaban J connectivity index is 3.49. The lowest BCUT2D eigenvalue weighted by Gasteiger charge is -2.15. The first kappa shape index (κ1) is 14.5. The van der Waals surface area contributed by atoms with Crippen molar-refractivity contribution < 1.29 is 9.05 Å². The summed E-state index contributed by atoms with van der Waals surface area (Å²) in [5.41, 5.74) is -2.34. The second-order valence-corrected chi connectivity index (χ2v) is 8.26. The molecule has 0 fully saturated rings. The van der Waals surface area contributed by atoms with Gasteiger partial charge >= 0.3 is 0 Å². The van der Waals surface area contributed by atoms with Crippen LogP contribution >= 0.6 is 41.1 Å². The maximum Gasteiger partial charge on any atom is 0.244 e. The van der Waals surface area contributed by atoms with Crippen molar-refractivity contribution in [1.29, 1.82) is 0 Å². The molecule has 0 amide bonds. The Kier molecular flexibility index (Phi) is 9.79. The van der Waals surface area contributed by atoms with Crippen molar-refractivity contribution in [2.75, 3.05) is 25.0 Å². The summed E-state index contributed by atoms with van der Waals surface area (Å²) in [6, 6.07) is 0. The molecule has 0 aliphatic carbocycles. The summed E-state index contributed by atoms with van der Waals surface area (Å²) in [4.78, 5) is 0. The number of hydrogen-bond acceptors (Lipinski definition) is 3. The third-order valence-corrected chi connectivity index (χ3v) is 3.94. The average Bonchev–Trinajstić information content (AvgIpc) is 2.05. The lowest BCUT2D eigenvalue weighted by molar-refractivity contribution is 0.261. The average molecular weight is 283 g/mol. The molecular formula is C6H13Cl2O2PS2. The van der Waals surface area contributed by atoms with E-state index < -0.39 is 5.69 Å². The molecule has 0 heterocycles. The van der Waals surface area contributed by atoms with E-state index in [9.17, 15) is 0 Å². The molecule has 0 spiro atoms. The molecule has 0 atom stereocenters. The highest BCUT2D eigenvalue weighted by Crippen LogP contribution is 2.53. The molecule has 0 aromatic carbocycles. The van der Waals surface area contributed by atoms with E-state index in [1.807, 2.05) is 0 Å². The Hall–Kier alpha value is 1.50. The van der Waals surface area contributed by atoms with Gasteiger partial charge in [-0.15, -0.1) is 23.2 Å². The smallest absolute Gasteiger partial charge is 0.244 e. The van der Waals surface area contributed by atoms with Gasteiger partial charge in [-0.1, -0.05) is 12.2 Å². The van der Waals surface area contributed by atoms with Gasteiger partial charge in [0.1, 0.15) is 0 Å². The summed E-state index contributed by atoms with van der Waals surface area (Å²) in [6.07, 6.45) is 1.53. The van der Waals surface area contributed by atoms with E-state index in [2.05, 4.69) is 12.2 Å². The van der Waals surface area contributed by atoms with Gasteiger partial charge in [-0.2, -0.15) is 0 Å². The van der Waals surface area contributed by atoms with Crippen molar-refractivity contribution in [1.82, 2.24) is 0 Å². The minimum Gasteiger partial charge on any atom is -0.322 e. The Morgan fingerprint density at radius 1 is 1.08 bits per heavy atom. The molecule has 0 radical (unpaired) electrons. The first-order valence-electron chi connectivity index (χ1n) is 3.86. The van der Waals surface area contributed by atoms with Crippen LogP contribution in [0.25, 0.3) is 0 Å². The van der Waals surface area contributed by atoms with Crippen molar-refractivity contribution in [3.05, 3.63) is 0 Å². The SMILES string of the molecule is S=P(S)(OCCCCl)OCCCCl. The van der Waals surface area contributed by atoms with Crippen LogP contribution in [0.4, 0.5) is 0 Å². The summed E-state index contributed by atoms with van der Waals surface area (Å²) in [6.45, 7) is 1.01. The van der Waals surface area contributed by atoms with Crippen molar-refractivity contribution in [3.63, 3.8) is 0 Å². The standard InChI is InChI=1S/C6H13Cl2O2PS2/c7-3-1-5-9-11(12,13)10-6-2-4-8/h1-6H2,(H,12,13). The zero-order valence-electron chi connectivity index (χ0n) is 7.12. The second-order valence-electron chi connectivity index (χ2n) is 2.22. The van der Waals surface area contributed by atoms with Gasteiger partial charge in [0.25, 0.3) is 0 Å². The van der Waals surface area contributed by atoms with Crippen LogP contribution in [0.1, 0.15) is 12.8 Å². The monoisotopic (exact) mass is 282 g/mol. The minimum atomic E-state index is -2.34. The number of rotatable bonds is 8. The normalized spacial score (nSPS) is 11.9. The van der Waals surface area contributed by atoms with E-state index in [-0.39, 0.29) is 0 Å². The first-order chi connectivity index (χ1) is 6.12. The van der Waals surface area contributed by atoms with Gasteiger partial charge in [0.15, 0.2) is 0 Å². The first-order valence-corrected chi connectivity index (χ1v) is 8.72. The van der Waals surface area contributed by atoms with Crippen LogP contribution < -0.4 is 0 Å². The van der Waals surface area contributed by atoms with Gasteiger partial charge in [-0.05, 0) is 24.6 Å². The summed E-state index contributed by atoms with van der Waals surface area (Å²) < 4.78 is 10.5. The molecule has 2 nitrogen and oxygen atoms in total. The molecule has 0 N–H and O–H groups in total. The molecule has 0 aliphatic rings. The van der Waals surface area contributed by atoms with Gasteiger partial charge in [0.2, 0.25) is 5.69 Å². The Morgan fingerprint density at radius 2 is 1.46 bits per heavy atom. The lowest BCUT2D eigenvalue weighted by Crippen LogP contribution is -1.96. The number of thiol groups is 1. The van der Waals surface area contributed by atoms with E-state index in [0.717, 1.165) is 12.8 Å². The molecule has 0 unspecified atom stereocenters. The molecule has 0 aliphatic heterocycles. The van der Waals surface area contributed by atoms with Gasteiger partial charge in [0, 0.05) is 11.8 Å². The minimum absolute atomic E-state index is 0.505. The zero-order valence-corrected chi connectivity index (χ0v) is 11.2. The summed E-state index contributed by atoms with van der Waals surface area (Å²) in [5.74, 6) is 1.12. The van der Waals surface area contributed by atoms with Crippen LogP contribution in [0, 0.1) is 0 Å². The highest BCUT2D eigenvalue weighted by molar-refractivity contribution is 8.60. The summed E-state index contributed by atoms with van der Waals surface area (Å²) in [5, 5.41) is 0. The van der Waals surface area contributed by atoms with Crippen molar-refractivity contribution >= 4 is 53.0 Å². The van der Waals surface area contributed by atoms with Crippen LogP contribution in [0.2, 0.25) is 0 Å². The van der Waals surface area contributed by atoms with E-state index in [4.69, 9.17) is 44.1 Å². The van der Waals surface area contributed by atoms with Crippen LogP contribution in [-0.4, -0.2) is 25.0 Å². The molecule has 80 valence electrons. The highest BCUT2D eigenvalue weighted by atomic mass is 35.5. The molecule has 0 saturated heterocycles. The summed E-state index contributed by atoms with van der Waals surface area (Å²) >= 11 is 20.1. The fraction of sp³-hybridized carbons (Fsp3) is 1.00. The van der Waals surface area contributed by atoms with Crippen molar-refractivity contribution in [2.45, 2.75) is 12.8 Å².